The molecular weight excluding hydrogens is 468 g/mol. The average molecular weight is 476 g/mol. The minimum absolute atomic E-state index is 0.0102. The Morgan fingerprint density at radius 2 is 0.839 bits per heavy atom. The molecular formula is C21H8F8S2. The van der Waals surface area contributed by atoms with Crippen molar-refractivity contribution in [3.05, 3.63) is 70.8 Å². The van der Waals surface area contributed by atoms with Gasteiger partial charge in [-0.1, -0.05) is 59.9 Å². The van der Waals surface area contributed by atoms with E-state index in [1.807, 2.05) is 0 Å². The third kappa shape index (κ3) is 1.87. The molecule has 10 heteroatoms. The molecule has 6 rings (SSSR count). The van der Waals surface area contributed by atoms with Gasteiger partial charge in [0.25, 0.3) is 0 Å². The number of thioether (sulfide) groups is 2. The highest BCUT2D eigenvalue weighted by atomic mass is 32.2. The quantitative estimate of drug-likeness (QED) is 0.364. The number of allylic oxidation sites excluding steroid dienone is 2. The molecule has 0 saturated heterocycles. The lowest BCUT2D eigenvalue weighted by Crippen LogP contribution is -2.47. The van der Waals surface area contributed by atoms with Crippen LogP contribution in [0.5, 0.6) is 0 Å². The maximum Gasteiger partial charge on any atom is 0.380 e. The van der Waals surface area contributed by atoms with Crippen molar-refractivity contribution < 1.29 is 35.1 Å². The molecule has 0 unspecified atom stereocenters. The second-order valence-electron chi connectivity index (χ2n) is 7.61. The smallest absolute Gasteiger partial charge is 0.221 e. The Morgan fingerprint density at radius 3 is 1.23 bits per heavy atom. The second-order valence-corrected chi connectivity index (χ2v) is 10.0. The van der Waals surface area contributed by atoms with Crippen molar-refractivity contribution in [2.75, 3.05) is 0 Å². The molecule has 1 saturated carbocycles. The molecule has 2 aromatic carbocycles. The zero-order valence-electron chi connectivity index (χ0n) is 15.0. The van der Waals surface area contributed by atoms with E-state index in [9.17, 15) is 26.3 Å². The number of hydrogen-bond acceptors (Lipinski definition) is 2. The van der Waals surface area contributed by atoms with Gasteiger partial charge in [0.2, 0.25) is 10.0 Å². The van der Waals surface area contributed by atoms with Gasteiger partial charge in [0.15, 0.2) is 0 Å². The van der Waals surface area contributed by atoms with Crippen LogP contribution >= 0.6 is 23.5 Å². The summed E-state index contributed by atoms with van der Waals surface area (Å²) in [5, 5.41) is -6.62. The summed E-state index contributed by atoms with van der Waals surface area (Å²) in [7, 11) is 0. The van der Waals surface area contributed by atoms with E-state index in [1.54, 1.807) is 0 Å². The van der Waals surface area contributed by atoms with E-state index in [0.717, 1.165) is 12.1 Å². The summed E-state index contributed by atoms with van der Waals surface area (Å²) in [5.74, 6) is -16.7. The summed E-state index contributed by atoms with van der Waals surface area (Å²) in [6.07, 6.45) is 0. The van der Waals surface area contributed by atoms with Crippen LogP contribution in [0, 0.1) is 0 Å². The van der Waals surface area contributed by atoms with Gasteiger partial charge in [-0.05, 0) is 23.3 Å². The fraction of sp³-hybridized carbons (Fsp3) is 0.238. The Bertz CT molecular complexity index is 1170. The summed E-state index contributed by atoms with van der Waals surface area (Å²) in [6, 6.07) is 10.4. The first-order valence-electron chi connectivity index (χ1n) is 8.98. The number of benzene rings is 2. The van der Waals surface area contributed by atoms with Gasteiger partial charge in [0.05, 0.1) is 0 Å². The van der Waals surface area contributed by atoms with Gasteiger partial charge in [0.1, 0.15) is 0 Å². The number of alkyl halides is 8. The molecule has 2 heterocycles. The van der Waals surface area contributed by atoms with E-state index < -0.39 is 50.1 Å². The second kappa shape index (κ2) is 5.33. The Morgan fingerprint density at radius 1 is 0.484 bits per heavy atom. The van der Waals surface area contributed by atoms with Gasteiger partial charge in [-0.3, -0.25) is 0 Å². The monoisotopic (exact) mass is 476 g/mol. The summed E-state index contributed by atoms with van der Waals surface area (Å²) >= 11 is 0.481. The summed E-state index contributed by atoms with van der Waals surface area (Å²) < 4.78 is 122. The van der Waals surface area contributed by atoms with E-state index >= 15 is 8.78 Å². The molecule has 0 bridgehead atoms. The molecule has 2 atom stereocenters. The molecule has 0 N–H and O–H groups in total. The van der Waals surface area contributed by atoms with Crippen LogP contribution in [-0.4, -0.2) is 27.8 Å². The predicted octanol–water partition coefficient (Wildman–Crippen LogP) is 7.37. The standard InChI is InChI=1S/C21H8F8S2/c22-17(23)15-13-9-5-1-3-7-11(9)30-19(13,26)20(27)14(10-6-2-4-8-12(10)31-20)16(15)18(24,25)21(17,28)29/h1-8H/t19-,20-/m1/s1. The third-order valence-corrected chi connectivity index (χ3v) is 8.85. The van der Waals surface area contributed by atoms with Crippen molar-refractivity contribution in [2.45, 2.75) is 37.6 Å². The van der Waals surface area contributed by atoms with Crippen molar-refractivity contribution in [3.63, 3.8) is 0 Å². The van der Waals surface area contributed by atoms with Crippen LogP contribution < -0.4 is 0 Å². The molecule has 0 spiro atoms. The number of hydrogen-bond donors (Lipinski definition) is 0. The van der Waals surface area contributed by atoms with Crippen molar-refractivity contribution in [1.82, 2.24) is 0 Å². The van der Waals surface area contributed by atoms with Crippen LogP contribution in [0.3, 0.4) is 0 Å². The molecule has 0 nitrogen and oxygen atoms in total. The lowest BCUT2D eigenvalue weighted by atomic mass is 9.77. The first kappa shape index (κ1) is 19.7. The van der Waals surface area contributed by atoms with E-state index in [1.165, 1.54) is 36.4 Å². The maximum atomic E-state index is 16.6. The number of rotatable bonds is 0. The summed E-state index contributed by atoms with van der Waals surface area (Å²) in [6.45, 7) is 0. The molecule has 2 aromatic rings. The lowest BCUT2D eigenvalue weighted by molar-refractivity contribution is -0.257. The van der Waals surface area contributed by atoms with E-state index in [-0.39, 0.29) is 44.4 Å². The number of halogens is 8. The van der Waals surface area contributed by atoms with Gasteiger partial charge < -0.3 is 0 Å². The molecule has 2 aliphatic carbocycles. The maximum absolute atomic E-state index is 16.6. The Labute approximate surface area is 178 Å². The molecule has 160 valence electrons. The van der Waals surface area contributed by atoms with Crippen molar-refractivity contribution >= 4 is 34.7 Å². The van der Waals surface area contributed by atoms with Gasteiger partial charge in [-0.15, -0.1) is 0 Å². The largest absolute Gasteiger partial charge is 0.380 e. The van der Waals surface area contributed by atoms with Crippen LogP contribution in [0.1, 0.15) is 11.1 Å². The van der Waals surface area contributed by atoms with Crippen molar-refractivity contribution in [3.8, 4) is 0 Å². The highest BCUT2D eigenvalue weighted by Crippen LogP contribution is 2.78. The normalized spacial score (nSPS) is 33.0. The fourth-order valence-electron chi connectivity index (χ4n) is 4.71. The fourth-order valence-corrected chi connectivity index (χ4v) is 7.51. The summed E-state index contributed by atoms with van der Waals surface area (Å²) in [5.41, 5.74) is -6.49. The van der Waals surface area contributed by atoms with Crippen molar-refractivity contribution in [2.24, 2.45) is 0 Å². The molecule has 0 amide bonds. The number of fused-ring (bicyclic) bond motifs is 8. The van der Waals surface area contributed by atoms with Crippen LogP contribution in [0.25, 0.3) is 11.1 Å². The highest BCUT2D eigenvalue weighted by Gasteiger charge is 2.86. The first-order valence-corrected chi connectivity index (χ1v) is 10.6. The Hall–Kier alpha value is -1.94. The molecule has 0 aromatic heterocycles. The minimum atomic E-state index is -5.86. The molecule has 2 aliphatic heterocycles. The van der Waals surface area contributed by atoms with Crippen LogP contribution in [-0.2, 0) is 0 Å². The Balaban J connectivity index is 1.86. The molecule has 4 aliphatic rings. The van der Waals surface area contributed by atoms with E-state index in [2.05, 4.69) is 0 Å². The van der Waals surface area contributed by atoms with Crippen LogP contribution in [0.15, 0.2) is 69.5 Å². The van der Waals surface area contributed by atoms with Gasteiger partial charge >= 0.3 is 17.8 Å². The van der Waals surface area contributed by atoms with Gasteiger partial charge in [0, 0.05) is 32.1 Å². The van der Waals surface area contributed by atoms with Crippen LogP contribution in [0.2, 0.25) is 0 Å². The minimum Gasteiger partial charge on any atom is -0.221 e. The first-order chi connectivity index (χ1) is 14.4. The van der Waals surface area contributed by atoms with Gasteiger partial charge in [-0.25, -0.2) is 8.78 Å². The third-order valence-electron chi connectivity index (χ3n) is 6.04. The zero-order valence-corrected chi connectivity index (χ0v) is 16.6. The van der Waals surface area contributed by atoms with Crippen LogP contribution in [0.4, 0.5) is 35.1 Å². The molecule has 1 fully saturated rings. The summed E-state index contributed by atoms with van der Waals surface area (Å²) in [4.78, 5) is 0.0204. The molecule has 31 heavy (non-hydrogen) atoms. The van der Waals surface area contributed by atoms with E-state index in [0.29, 0.717) is 0 Å². The van der Waals surface area contributed by atoms with E-state index in [4.69, 9.17) is 0 Å². The topological polar surface area (TPSA) is 0 Å². The Kier molecular flexibility index (Phi) is 3.39. The van der Waals surface area contributed by atoms with Gasteiger partial charge in [-0.2, -0.15) is 26.3 Å². The highest BCUT2D eigenvalue weighted by molar-refractivity contribution is 8.06. The predicted molar refractivity (Wildman–Crippen MR) is 101 cm³/mol. The lowest BCUT2D eigenvalue weighted by Gasteiger charge is -2.40. The van der Waals surface area contributed by atoms with Crippen molar-refractivity contribution in [1.29, 1.82) is 0 Å². The zero-order chi connectivity index (χ0) is 22.2. The SMILES string of the molecule is FC1(F)C2=C3c4ccccc4S[C@@]3(F)[C@]3(F)Sc4ccccc4C3=C2C(F)(F)C1(F)F. The molecule has 0 radical (unpaired) electrons. The average Bonchev–Trinajstić information content (AvgIpc) is 3.21.